The van der Waals surface area contributed by atoms with Gasteiger partial charge in [-0.1, -0.05) is 0 Å². The van der Waals surface area contributed by atoms with E-state index in [9.17, 15) is 9.59 Å². The van der Waals surface area contributed by atoms with Gasteiger partial charge in [0, 0.05) is 32.2 Å². The number of carbonyl (C=O) groups is 2. The lowest BCUT2D eigenvalue weighted by atomic mass is 10.1. The molecule has 2 rings (SSSR count). The molecule has 0 radical (unpaired) electrons. The van der Waals surface area contributed by atoms with Crippen molar-refractivity contribution >= 4 is 12.0 Å². The van der Waals surface area contributed by atoms with Gasteiger partial charge in [0.1, 0.15) is 0 Å². The third kappa shape index (κ3) is 3.42. The van der Waals surface area contributed by atoms with E-state index in [1.54, 1.807) is 9.80 Å². The lowest BCUT2D eigenvalue weighted by Gasteiger charge is -2.32. The fraction of sp³-hybridized carbons (Fsp3) is 0.857. The van der Waals surface area contributed by atoms with Gasteiger partial charge in [-0.25, -0.2) is 4.79 Å². The second-order valence-corrected chi connectivity index (χ2v) is 6.03. The Bertz CT molecular complexity index is 375. The number of hydrogen-bond acceptors (Lipinski definition) is 3. The number of urea groups is 1. The van der Waals surface area contributed by atoms with E-state index in [4.69, 9.17) is 5.11 Å². The summed E-state index contributed by atoms with van der Waals surface area (Å²) in [5, 5.41) is 8.92. The second kappa shape index (κ2) is 6.43. The highest BCUT2D eigenvalue weighted by atomic mass is 16.4. The molecule has 114 valence electrons. The van der Waals surface area contributed by atoms with E-state index < -0.39 is 5.97 Å². The number of hydrogen-bond donors (Lipinski definition) is 1. The van der Waals surface area contributed by atoms with Gasteiger partial charge in [0.2, 0.25) is 0 Å². The minimum Gasteiger partial charge on any atom is -0.481 e. The molecule has 6 heteroatoms. The Morgan fingerprint density at radius 1 is 1.20 bits per heavy atom. The van der Waals surface area contributed by atoms with Crippen LogP contribution in [-0.4, -0.2) is 77.6 Å². The first-order valence-electron chi connectivity index (χ1n) is 7.43. The van der Waals surface area contributed by atoms with Crippen LogP contribution in [0.2, 0.25) is 0 Å². The van der Waals surface area contributed by atoms with Gasteiger partial charge >= 0.3 is 12.0 Å². The Morgan fingerprint density at radius 3 is 2.45 bits per heavy atom. The highest BCUT2D eigenvalue weighted by Gasteiger charge is 2.33. The molecule has 2 saturated heterocycles. The molecule has 0 bridgehead atoms. The molecule has 2 atom stereocenters. The van der Waals surface area contributed by atoms with Crippen LogP contribution in [0.5, 0.6) is 0 Å². The number of amides is 2. The molecule has 0 aliphatic carbocycles. The minimum atomic E-state index is -0.826. The molecule has 6 nitrogen and oxygen atoms in total. The van der Waals surface area contributed by atoms with Crippen LogP contribution in [-0.2, 0) is 4.79 Å². The van der Waals surface area contributed by atoms with Crippen LogP contribution in [0.15, 0.2) is 0 Å². The number of nitrogens with zero attached hydrogens (tertiary/aromatic N) is 3. The summed E-state index contributed by atoms with van der Waals surface area (Å²) in [4.78, 5) is 29.1. The second-order valence-electron chi connectivity index (χ2n) is 6.03. The monoisotopic (exact) mass is 283 g/mol. The SMILES string of the molecule is CN(CC1CCCN1C)C(=O)N1CCCC1CC(=O)O. The smallest absolute Gasteiger partial charge is 0.320 e. The molecule has 2 amide bonds. The molecule has 2 aliphatic heterocycles. The van der Waals surface area contributed by atoms with Crippen molar-refractivity contribution in [1.29, 1.82) is 0 Å². The molecule has 20 heavy (non-hydrogen) atoms. The van der Waals surface area contributed by atoms with Gasteiger partial charge in [0.25, 0.3) is 0 Å². The summed E-state index contributed by atoms with van der Waals surface area (Å²) in [6, 6.07) is 0.280. The lowest BCUT2D eigenvalue weighted by molar-refractivity contribution is -0.138. The van der Waals surface area contributed by atoms with E-state index >= 15 is 0 Å². The Labute approximate surface area is 120 Å². The van der Waals surface area contributed by atoms with Gasteiger partial charge in [-0.05, 0) is 39.3 Å². The van der Waals surface area contributed by atoms with Crippen LogP contribution in [0.25, 0.3) is 0 Å². The van der Waals surface area contributed by atoms with Crippen LogP contribution >= 0.6 is 0 Å². The first kappa shape index (κ1) is 15.1. The fourth-order valence-corrected chi connectivity index (χ4v) is 3.32. The molecule has 0 saturated carbocycles. The summed E-state index contributed by atoms with van der Waals surface area (Å²) in [6.07, 6.45) is 4.08. The van der Waals surface area contributed by atoms with E-state index in [0.717, 1.165) is 32.4 Å². The van der Waals surface area contributed by atoms with Crippen molar-refractivity contribution in [2.24, 2.45) is 0 Å². The summed E-state index contributed by atoms with van der Waals surface area (Å²) in [7, 11) is 3.92. The van der Waals surface area contributed by atoms with Crippen molar-refractivity contribution in [3.63, 3.8) is 0 Å². The lowest BCUT2D eigenvalue weighted by Crippen LogP contribution is -2.48. The predicted octanol–water partition coefficient (Wildman–Crippen LogP) is 1.07. The molecule has 2 unspecified atom stereocenters. The van der Waals surface area contributed by atoms with Crippen molar-refractivity contribution in [2.45, 2.75) is 44.2 Å². The quantitative estimate of drug-likeness (QED) is 0.838. The van der Waals surface area contributed by atoms with E-state index in [1.807, 2.05) is 7.05 Å². The summed E-state index contributed by atoms with van der Waals surface area (Å²) in [5.41, 5.74) is 0. The molecule has 2 aliphatic rings. The van der Waals surface area contributed by atoms with Gasteiger partial charge in [-0.3, -0.25) is 4.79 Å². The molecule has 0 spiro atoms. The van der Waals surface area contributed by atoms with Gasteiger partial charge in [-0.15, -0.1) is 0 Å². The normalized spacial score (nSPS) is 27.0. The van der Waals surface area contributed by atoms with E-state index in [-0.39, 0.29) is 18.5 Å². The maximum absolute atomic E-state index is 12.5. The van der Waals surface area contributed by atoms with Crippen molar-refractivity contribution in [1.82, 2.24) is 14.7 Å². The largest absolute Gasteiger partial charge is 0.481 e. The maximum atomic E-state index is 12.5. The maximum Gasteiger partial charge on any atom is 0.320 e. The molecule has 0 aromatic carbocycles. The van der Waals surface area contributed by atoms with E-state index in [0.29, 0.717) is 12.6 Å². The highest BCUT2D eigenvalue weighted by molar-refractivity contribution is 5.76. The van der Waals surface area contributed by atoms with Crippen LogP contribution < -0.4 is 0 Å². The van der Waals surface area contributed by atoms with Crippen LogP contribution in [0, 0.1) is 0 Å². The molecule has 2 heterocycles. The Kier molecular flexibility index (Phi) is 4.86. The Morgan fingerprint density at radius 2 is 1.85 bits per heavy atom. The van der Waals surface area contributed by atoms with E-state index in [2.05, 4.69) is 11.9 Å². The van der Waals surface area contributed by atoms with Crippen LogP contribution in [0.4, 0.5) is 4.79 Å². The summed E-state index contributed by atoms with van der Waals surface area (Å²) in [5.74, 6) is -0.826. The number of carbonyl (C=O) groups excluding carboxylic acids is 1. The van der Waals surface area contributed by atoms with E-state index in [1.165, 1.54) is 6.42 Å². The summed E-state index contributed by atoms with van der Waals surface area (Å²) in [6.45, 7) is 2.51. The standard InChI is InChI=1S/C14H25N3O3/c1-15-7-3-6-12(15)10-16(2)14(20)17-8-4-5-11(17)9-13(18)19/h11-12H,3-10H2,1-2H3,(H,18,19). The number of carboxylic acid groups (broad SMARTS) is 1. The molecular weight excluding hydrogens is 258 g/mol. The predicted molar refractivity (Wildman–Crippen MR) is 75.7 cm³/mol. The average molecular weight is 283 g/mol. The first-order chi connectivity index (χ1) is 9.49. The Balaban J connectivity index is 1.90. The van der Waals surface area contributed by atoms with Crippen molar-refractivity contribution in [3.05, 3.63) is 0 Å². The number of likely N-dealkylation sites (tertiary alicyclic amines) is 2. The number of aliphatic carboxylic acids is 1. The zero-order valence-corrected chi connectivity index (χ0v) is 12.4. The third-order valence-corrected chi connectivity index (χ3v) is 4.52. The van der Waals surface area contributed by atoms with Gasteiger partial charge in [0.05, 0.1) is 6.42 Å². The minimum absolute atomic E-state index is 0.0194. The Hall–Kier alpha value is -1.30. The molecule has 1 N–H and O–H groups in total. The van der Waals surface area contributed by atoms with Crippen LogP contribution in [0.1, 0.15) is 32.1 Å². The number of likely N-dealkylation sites (N-methyl/N-ethyl adjacent to an activating group) is 2. The van der Waals surface area contributed by atoms with Gasteiger partial charge < -0.3 is 19.8 Å². The summed E-state index contributed by atoms with van der Waals surface area (Å²) < 4.78 is 0. The molecule has 2 fully saturated rings. The van der Waals surface area contributed by atoms with Crippen molar-refractivity contribution in [2.75, 3.05) is 33.7 Å². The number of rotatable bonds is 4. The van der Waals surface area contributed by atoms with Crippen LogP contribution in [0.3, 0.4) is 0 Å². The van der Waals surface area contributed by atoms with Gasteiger partial charge in [0.15, 0.2) is 0 Å². The fourth-order valence-electron chi connectivity index (χ4n) is 3.32. The zero-order chi connectivity index (χ0) is 14.7. The number of carboxylic acids is 1. The third-order valence-electron chi connectivity index (χ3n) is 4.52. The highest BCUT2D eigenvalue weighted by Crippen LogP contribution is 2.22. The molecule has 0 aromatic heterocycles. The first-order valence-corrected chi connectivity index (χ1v) is 7.43. The summed E-state index contributed by atoms with van der Waals surface area (Å²) >= 11 is 0. The average Bonchev–Trinajstić information content (AvgIpc) is 2.98. The van der Waals surface area contributed by atoms with Crippen molar-refractivity contribution < 1.29 is 14.7 Å². The topological polar surface area (TPSA) is 64.1 Å². The molecular formula is C14H25N3O3. The van der Waals surface area contributed by atoms with Gasteiger partial charge in [-0.2, -0.15) is 0 Å². The molecule has 0 aromatic rings. The van der Waals surface area contributed by atoms with Crippen molar-refractivity contribution in [3.8, 4) is 0 Å². The zero-order valence-electron chi connectivity index (χ0n) is 12.4.